The third-order valence-electron chi connectivity index (χ3n) is 1.35. The van der Waals surface area contributed by atoms with Crippen LogP contribution in [0.25, 0.3) is 0 Å². The van der Waals surface area contributed by atoms with Crippen molar-refractivity contribution in [3.05, 3.63) is 29.8 Å². The molecule has 0 unspecified atom stereocenters. The molecule has 0 fully saturated rings. The van der Waals surface area contributed by atoms with Crippen LogP contribution in [-0.4, -0.2) is 9.76 Å². The quantitative estimate of drug-likeness (QED) is 0.363. The minimum Gasteiger partial charge on any atom is -0.426 e. The summed E-state index contributed by atoms with van der Waals surface area (Å²) in [6.07, 6.45) is 0. The predicted octanol–water partition coefficient (Wildman–Crippen LogP) is 2.19. The first-order valence-electron chi connectivity index (χ1n) is 3.58. The van der Waals surface area contributed by atoms with Gasteiger partial charge in [0.05, 0.1) is 5.56 Å². The first-order valence-corrected chi connectivity index (χ1v) is 4.66. The number of ether oxygens (including phenoxy) is 1. The number of hydrogen-bond acceptors (Lipinski definition) is 3. The topological polar surface area (TPSA) is 43.4 Å². The van der Waals surface area contributed by atoms with Crippen LogP contribution in [0.3, 0.4) is 0 Å². The fourth-order valence-corrected chi connectivity index (χ4v) is 1.32. The van der Waals surface area contributed by atoms with Gasteiger partial charge in [-0.05, 0) is 12.1 Å². The molecule has 0 saturated heterocycles. The zero-order valence-corrected chi connectivity index (χ0v) is 9.07. The lowest BCUT2D eigenvalue weighted by atomic mass is 10.2. The van der Waals surface area contributed by atoms with Crippen LogP contribution in [0.2, 0.25) is 0 Å². The van der Waals surface area contributed by atoms with Crippen molar-refractivity contribution >= 4 is 32.4 Å². The summed E-state index contributed by atoms with van der Waals surface area (Å²) in [6, 6.07) is 6.64. The Morgan fingerprint density at radius 3 is 2.46 bits per heavy atom. The van der Waals surface area contributed by atoms with Crippen molar-refractivity contribution in [1.29, 1.82) is 0 Å². The van der Waals surface area contributed by atoms with E-state index in [2.05, 4.69) is 0 Å². The molecule has 3 nitrogen and oxygen atoms in total. The Bertz CT molecular complexity index is 346. The normalized spacial score (nSPS) is 9.38. The highest BCUT2D eigenvalue weighted by Gasteiger charge is 2.09. The largest absolute Gasteiger partial charge is 0.426 e. The van der Waals surface area contributed by atoms with Gasteiger partial charge < -0.3 is 4.74 Å². The molecule has 0 saturated carbocycles. The zero-order valence-electron chi connectivity index (χ0n) is 6.91. The highest BCUT2D eigenvalue weighted by atomic mass is 127. The Morgan fingerprint density at radius 1 is 1.31 bits per heavy atom. The van der Waals surface area contributed by atoms with E-state index in [1.807, 2.05) is 0 Å². The van der Waals surface area contributed by atoms with E-state index in [4.69, 9.17) is 4.74 Å². The molecule has 0 atom stereocenters. The molecule has 0 spiro atoms. The fourth-order valence-electron chi connectivity index (χ4n) is 0.873. The van der Waals surface area contributed by atoms with Gasteiger partial charge >= 0.3 is 5.97 Å². The number of carbonyl (C=O) groups excluding carboxylic acids is 2. The highest BCUT2D eigenvalue weighted by Crippen LogP contribution is 2.20. The lowest BCUT2D eigenvalue weighted by molar-refractivity contribution is -0.131. The van der Waals surface area contributed by atoms with Gasteiger partial charge in [-0.1, -0.05) is 12.1 Å². The Hall–Kier alpha value is -0.910. The highest BCUT2D eigenvalue weighted by molar-refractivity contribution is 14.1. The van der Waals surface area contributed by atoms with Crippen LogP contribution in [0.15, 0.2) is 24.3 Å². The van der Waals surface area contributed by atoms with E-state index in [9.17, 15) is 9.59 Å². The summed E-state index contributed by atoms with van der Waals surface area (Å²) in [6.45, 7) is 1.30. The van der Waals surface area contributed by atoms with E-state index in [1.54, 1.807) is 46.9 Å². The van der Waals surface area contributed by atoms with Gasteiger partial charge in [0, 0.05) is 29.5 Å². The molecule has 0 N–H and O–H groups in total. The Labute approximate surface area is 89.2 Å². The Kier molecular flexibility index (Phi) is 3.41. The fraction of sp³-hybridized carbons (Fsp3) is 0.111. The first kappa shape index (κ1) is 10.2. The Morgan fingerprint density at radius 2 is 1.92 bits per heavy atom. The third-order valence-corrected chi connectivity index (χ3v) is 1.93. The number of halogens is 1. The maximum absolute atomic E-state index is 11.0. The molecule has 1 rings (SSSR count). The van der Waals surface area contributed by atoms with E-state index in [0.717, 1.165) is 0 Å². The predicted molar refractivity (Wildman–Crippen MR) is 56.1 cm³/mol. The average Bonchev–Trinajstić information content (AvgIpc) is 2.03. The smallest absolute Gasteiger partial charge is 0.308 e. The second-order valence-electron chi connectivity index (χ2n) is 2.36. The monoisotopic (exact) mass is 290 g/mol. The van der Waals surface area contributed by atoms with Gasteiger partial charge in [0.2, 0.25) is 3.79 Å². The molecule has 0 aliphatic rings. The molecule has 68 valence electrons. The van der Waals surface area contributed by atoms with Crippen LogP contribution in [0, 0.1) is 0 Å². The summed E-state index contributed by atoms with van der Waals surface area (Å²) >= 11 is 1.65. The number of benzene rings is 1. The van der Waals surface area contributed by atoms with Crippen LogP contribution in [0.4, 0.5) is 0 Å². The molecule has 0 aliphatic heterocycles. The lowest BCUT2D eigenvalue weighted by Crippen LogP contribution is -2.04. The second kappa shape index (κ2) is 4.36. The number of carbonyl (C=O) groups is 2. The van der Waals surface area contributed by atoms with Gasteiger partial charge in [0.15, 0.2) is 0 Å². The van der Waals surface area contributed by atoms with Crippen LogP contribution in [0.1, 0.15) is 17.3 Å². The molecular formula is C9H7IO3. The standard InChI is InChI=1S/C9H7IO3/c1-6(11)13-8-5-3-2-4-7(8)9(10)12/h2-5H,1H3. The van der Waals surface area contributed by atoms with Crippen LogP contribution in [0.5, 0.6) is 5.75 Å². The maximum Gasteiger partial charge on any atom is 0.308 e. The van der Waals surface area contributed by atoms with Crippen LogP contribution < -0.4 is 4.74 Å². The van der Waals surface area contributed by atoms with E-state index in [-0.39, 0.29) is 3.79 Å². The van der Waals surface area contributed by atoms with Gasteiger partial charge in [0.1, 0.15) is 5.75 Å². The van der Waals surface area contributed by atoms with Crippen molar-refractivity contribution < 1.29 is 14.3 Å². The molecular weight excluding hydrogens is 283 g/mol. The van der Waals surface area contributed by atoms with E-state index in [1.165, 1.54) is 6.92 Å². The van der Waals surface area contributed by atoms with Gasteiger partial charge in [-0.25, -0.2) is 0 Å². The second-order valence-corrected chi connectivity index (χ2v) is 3.34. The van der Waals surface area contributed by atoms with Gasteiger partial charge in [0.25, 0.3) is 0 Å². The molecule has 0 aromatic heterocycles. The van der Waals surface area contributed by atoms with Crippen molar-refractivity contribution in [3.8, 4) is 5.75 Å². The van der Waals surface area contributed by atoms with Gasteiger partial charge in [-0.3, -0.25) is 9.59 Å². The number of rotatable bonds is 2. The minimum atomic E-state index is -0.426. The van der Waals surface area contributed by atoms with Crippen molar-refractivity contribution in [2.45, 2.75) is 6.92 Å². The average molecular weight is 290 g/mol. The first-order chi connectivity index (χ1) is 6.11. The summed E-state index contributed by atoms with van der Waals surface area (Å²) in [5.41, 5.74) is 0.415. The van der Waals surface area contributed by atoms with Crippen molar-refractivity contribution in [2.75, 3.05) is 0 Å². The zero-order chi connectivity index (χ0) is 9.84. The molecule has 1 aromatic carbocycles. The number of hydrogen-bond donors (Lipinski definition) is 0. The maximum atomic E-state index is 11.0. The molecule has 0 radical (unpaired) electrons. The SMILES string of the molecule is CC(=O)Oc1ccccc1C(=O)I. The van der Waals surface area contributed by atoms with E-state index >= 15 is 0 Å². The summed E-state index contributed by atoms with van der Waals surface area (Å²) in [5, 5.41) is 0. The van der Waals surface area contributed by atoms with Gasteiger partial charge in [-0.15, -0.1) is 0 Å². The molecule has 0 heterocycles. The summed E-state index contributed by atoms with van der Waals surface area (Å²) < 4.78 is 4.70. The van der Waals surface area contributed by atoms with Crippen LogP contribution in [-0.2, 0) is 4.79 Å². The van der Waals surface area contributed by atoms with E-state index in [0.29, 0.717) is 11.3 Å². The van der Waals surface area contributed by atoms with Crippen molar-refractivity contribution in [2.24, 2.45) is 0 Å². The van der Waals surface area contributed by atoms with Crippen LogP contribution >= 0.6 is 22.6 Å². The molecule has 1 aromatic rings. The molecule has 4 heteroatoms. The van der Waals surface area contributed by atoms with Crippen molar-refractivity contribution in [3.63, 3.8) is 0 Å². The molecule has 0 aliphatic carbocycles. The molecule has 13 heavy (non-hydrogen) atoms. The minimum absolute atomic E-state index is 0.144. The summed E-state index contributed by atoms with van der Waals surface area (Å²) in [5.74, 6) is -0.112. The number of esters is 1. The summed E-state index contributed by atoms with van der Waals surface area (Å²) in [7, 11) is 0. The lowest BCUT2D eigenvalue weighted by Gasteiger charge is -2.03. The number of para-hydroxylation sites is 1. The molecule has 0 bridgehead atoms. The van der Waals surface area contributed by atoms with Gasteiger partial charge in [-0.2, -0.15) is 0 Å². The molecule has 0 amide bonds. The summed E-state index contributed by atoms with van der Waals surface area (Å²) in [4.78, 5) is 21.7. The van der Waals surface area contributed by atoms with Crippen molar-refractivity contribution in [1.82, 2.24) is 0 Å². The van der Waals surface area contributed by atoms with E-state index < -0.39 is 5.97 Å². The Balaban J connectivity index is 3.04. The third kappa shape index (κ3) is 2.80.